The molecule has 0 N–H and O–H groups in total. The fourth-order valence-electron chi connectivity index (χ4n) is 1.18. The van der Waals surface area contributed by atoms with Crippen LogP contribution in [0.1, 0.15) is 12.0 Å². The predicted molar refractivity (Wildman–Crippen MR) is 60.9 cm³/mol. The van der Waals surface area contributed by atoms with Crippen molar-refractivity contribution in [2.75, 3.05) is 6.61 Å². The Morgan fingerprint density at radius 1 is 1.20 bits per heavy atom. The number of aryl methyl sites for hydroxylation is 1. The number of carbonyl (C=O) groups excluding carboxylic acids is 1. The van der Waals surface area contributed by atoms with Crippen LogP contribution in [0, 0.1) is 0 Å². The number of allylic oxidation sites excluding steroid dienone is 1. The summed E-state index contributed by atoms with van der Waals surface area (Å²) >= 11 is 5.77. The van der Waals surface area contributed by atoms with Crippen molar-refractivity contribution in [3.8, 4) is 0 Å². The summed E-state index contributed by atoms with van der Waals surface area (Å²) in [5.41, 5.74) is 1.25. The van der Waals surface area contributed by atoms with Crippen molar-refractivity contribution in [3.05, 3.63) is 47.0 Å². The molecule has 0 aliphatic heterocycles. The smallest absolute Gasteiger partial charge is 0.293 e. The zero-order valence-electron chi connectivity index (χ0n) is 8.36. The van der Waals surface area contributed by atoms with Crippen LogP contribution in [0.5, 0.6) is 0 Å². The average molecular weight is 225 g/mol. The Labute approximate surface area is 94.5 Å². The van der Waals surface area contributed by atoms with E-state index in [2.05, 4.69) is 4.74 Å². The number of ether oxygens (including phenoxy) is 1. The summed E-state index contributed by atoms with van der Waals surface area (Å²) < 4.78 is 4.52. The van der Waals surface area contributed by atoms with E-state index in [1.165, 1.54) is 5.56 Å². The first-order valence-electron chi connectivity index (χ1n) is 4.77. The minimum absolute atomic E-state index is 0.351. The molecule has 0 saturated carbocycles. The molecule has 80 valence electrons. The first-order valence-corrected chi connectivity index (χ1v) is 5.15. The Hall–Kier alpha value is -1.28. The molecule has 0 fully saturated rings. The van der Waals surface area contributed by atoms with Gasteiger partial charge in [0, 0.05) is 5.02 Å². The van der Waals surface area contributed by atoms with E-state index in [1.807, 2.05) is 36.4 Å². The second kappa shape index (κ2) is 7.07. The maximum atomic E-state index is 9.82. The topological polar surface area (TPSA) is 26.3 Å². The van der Waals surface area contributed by atoms with Crippen molar-refractivity contribution < 1.29 is 9.53 Å². The third-order valence-electron chi connectivity index (χ3n) is 1.94. The standard InChI is InChI=1S/C12H13ClO2/c13-12-7-5-11(6-8-12)4-2-1-3-9-15-10-14/h1,3,5-8,10H,2,4,9H2. The van der Waals surface area contributed by atoms with Crippen LogP contribution in [0.3, 0.4) is 0 Å². The van der Waals surface area contributed by atoms with Gasteiger partial charge in [0.15, 0.2) is 0 Å². The minimum Gasteiger partial charge on any atom is -0.464 e. The van der Waals surface area contributed by atoms with E-state index in [0.717, 1.165) is 17.9 Å². The van der Waals surface area contributed by atoms with Gasteiger partial charge in [-0.1, -0.05) is 35.9 Å². The molecule has 1 rings (SSSR count). The van der Waals surface area contributed by atoms with Gasteiger partial charge in [0.2, 0.25) is 0 Å². The number of carbonyl (C=O) groups is 1. The van der Waals surface area contributed by atoms with E-state index in [0.29, 0.717) is 13.1 Å². The van der Waals surface area contributed by atoms with E-state index in [1.54, 1.807) is 0 Å². The van der Waals surface area contributed by atoms with Crippen LogP contribution in [0.15, 0.2) is 36.4 Å². The van der Waals surface area contributed by atoms with Crippen LogP contribution in [0.4, 0.5) is 0 Å². The summed E-state index contributed by atoms with van der Waals surface area (Å²) in [5.74, 6) is 0. The van der Waals surface area contributed by atoms with E-state index in [4.69, 9.17) is 11.6 Å². The van der Waals surface area contributed by atoms with Crippen LogP contribution in [-0.4, -0.2) is 13.1 Å². The van der Waals surface area contributed by atoms with Crippen LogP contribution < -0.4 is 0 Å². The molecular weight excluding hydrogens is 212 g/mol. The van der Waals surface area contributed by atoms with Crippen molar-refractivity contribution in [2.45, 2.75) is 12.8 Å². The molecule has 0 heterocycles. The van der Waals surface area contributed by atoms with Crippen molar-refractivity contribution in [1.29, 1.82) is 0 Å². The highest BCUT2D eigenvalue weighted by atomic mass is 35.5. The van der Waals surface area contributed by atoms with Gasteiger partial charge in [-0.05, 0) is 30.5 Å². The highest BCUT2D eigenvalue weighted by Gasteiger charge is 1.90. The Morgan fingerprint density at radius 2 is 1.93 bits per heavy atom. The van der Waals surface area contributed by atoms with Crippen molar-refractivity contribution in [2.24, 2.45) is 0 Å². The fraction of sp³-hybridized carbons (Fsp3) is 0.250. The molecule has 0 amide bonds. The van der Waals surface area contributed by atoms with E-state index < -0.39 is 0 Å². The molecule has 0 unspecified atom stereocenters. The summed E-state index contributed by atoms with van der Waals surface area (Å²) in [6, 6.07) is 7.79. The van der Waals surface area contributed by atoms with Crippen LogP contribution in [-0.2, 0) is 16.0 Å². The summed E-state index contributed by atoms with van der Waals surface area (Å²) in [7, 11) is 0. The predicted octanol–water partition coefficient (Wildman–Crippen LogP) is 3.00. The van der Waals surface area contributed by atoms with Gasteiger partial charge in [0.05, 0.1) is 0 Å². The second-order valence-corrected chi connectivity index (χ2v) is 3.50. The highest BCUT2D eigenvalue weighted by molar-refractivity contribution is 6.30. The molecule has 3 heteroatoms. The summed E-state index contributed by atoms with van der Waals surface area (Å²) in [6.07, 6.45) is 5.74. The quantitative estimate of drug-likeness (QED) is 0.422. The zero-order chi connectivity index (χ0) is 10.9. The largest absolute Gasteiger partial charge is 0.464 e. The molecule has 2 nitrogen and oxygen atoms in total. The van der Waals surface area contributed by atoms with Gasteiger partial charge in [0.25, 0.3) is 6.47 Å². The summed E-state index contributed by atoms with van der Waals surface area (Å²) in [4.78, 5) is 9.82. The van der Waals surface area contributed by atoms with E-state index in [-0.39, 0.29) is 0 Å². The van der Waals surface area contributed by atoms with Crippen molar-refractivity contribution >= 4 is 18.1 Å². The monoisotopic (exact) mass is 224 g/mol. The number of hydrogen-bond acceptors (Lipinski definition) is 2. The van der Waals surface area contributed by atoms with Gasteiger partial charge >= 0.3 is 0 Å². The van der Waals surface area contributed by atoms with Crippen molar-refractivity contribution in [3.63, 3.8) is 0 Å². The lowest BCUT2D eigenvalue weighted by Gasteiger charge is -1.97. The van der Waals surface area contributed by atoms with Gasteiger partial charge in [-0.25, -0.2) is 0 Å². The van der Waals surface area contributed by atoms with E-state index in [9.17, 15) is 4.79 Å². The Morgan fingerprint density at radius 3 is 2.60 bits per heavy atom. The molecule has 0 atom stereocenters. The normalized spacial score (nSPS) is 10.5. The second-order valence-electron chi connectivity index (χ2n) is 3.07. The minimum atomic E-state index is 0.351. The first kappa shape index (κ1) is 11.8. The van der Waals surface area contributed by atoms with Gasteiger partial charge in [-0.15, -0.1) is 0 Å². The summed E-state index contributed by atoms with van der Waals surface area (Å²) in [5, 5.41) is 0.758. The third-order valence-corrected chi connectivity index (χ3v) is 2.19. The van der Waals surface area contributed by atoms with Crippen LogP contribution in [0.2, 0.25) is 5.02 Å². The molecule has 0 saturated heterocycles. The molecule has 0 radical (unpaired) electrons. The third kappa shape index (κ3) is 5.23. The number of benzene rings is 1. The number of rotatable bonds is 6. The van der Waals surface area contributed by atoms with Gasteiger partial charge in [-0.3, -0.25) is 4.79 Å². The molecular formula is C12H13ClO2. The molecule has 0 aliphatic rings. The number of halogens is 1. The summed E-state index contributed by atoms with van der Waals surface area (Å²) in [6.45, 7) is 0.799. The van der Waals surface area contributed by atoms with Gasteiger partial charge in [-0.2, -0.15) is 0 Å². The molecule has 0 aliphatic carbocycles. The zero-order valence-corrected chi connectivity index (χ0v) is 9.11. The lowest BCUT2D eigenvalue weighted by molar-refractivity contribution is -0.127. The Kier molecular flexibility index (Phi) is 5.56. The lowest BCUT2D eigenvalue weighted by atomic mass is 10.1. The van der Waals surface area contributed by atoms with Crippen LogP contribution >= 0.6 is 11.6 Å². The SMILES string of the molecule is O=COCC=CCCc1ccc(Cl)cc1. The highest BCUT2D eigenvalue weighted by Crippen LogP contribution is 2.10. The maximum Gasteiger partial charge on any atom is 0.293 e. The Balaban J connectivity index is 2.22. The number of hydrogen-bond donors (Lipinski definition) is 0. The van der Waals surface area contributed by atoms with Crippen LogP contribution in [0.25, 0.3) is 0 Å². The molecule has 1 aromatic carbocycles. The maximum absolute atomic E-state index is 9.82. The lowest BCUT2D eigenvalue weighted by Crippen LogP contribution is -1.86. The van der Waals surface area contributed by atoms with E-state index >= 15 is 0 Å². The van der Waals surface area contributed by atoms with Gasteiger partial charge < -0.3 is 4.74 Å². The fourth-order valence-corrected chi connectivity index (χ4v) is 1.31. The molecule has 0 spiro atoms. The Bertz CT molecular complexity index is 317. The average Bonchev–Trinajstić information content (AvgIpc) is 2.26. The molecule has 15 heavy (non-hydrogen) atoms. The van der Waals surface area contributed by atoms with Crippen molar-refractivity contribution in [1.82, 2.24) is 0 Å². The first-order chi connectivity index (χ1) is 7.33. The molecule has 1 aromatic rings. The molecule has 0 aromatic heterocycles. The van der Waals surface area contributed by atoms with Gasteiger partial charge in [0.1, 0.15) is 6.61 Å². The molecule has 0 bridgehead atoms.